The third kappa shape index (κ3) is 1.75. The van der Waals surface area contributed by atoms with Crippen LogP contribution in [0.2, 0.25) is 0 Å². The van der Waals surface area contributed by atoms with E-state index in [1.165, 1.54) is 11.1 Å². The van der Waals surface area contributed by atoms with Crippen LogP contribution in [0.5, 0.6) is 0 Å². The molecule has 96 valence electrons. The first kappa shape index (κ1) is 11.4. The highest BCUT2D eigenvalue weighted by Gasteiger charge is 2.27. The number of urea groups is 1. The van der Waals surface area contributed by atoms with E-state index in [2.05, 4.69) is 10.3 Å². The van der Waals surface area contributed by atoms with Gasteiger partial charge in [0.15, 0.2) is 6.29 Å². The van der Waals surface area contributed by atoms with E-state index in [9.17, 15) is 14.4 Å². The van der Waals surface area contributed by atoms with Crippen LogP contribution in [0.15, 0.2) is 24.5 Å². The number of carbonyl (C=O) groups is 3. The lowest BCUT2D eigenvalue weighted by Gasteiger charge is -2.24. The summed E-state index contributed by atoms with van der Waals surface area (Å²) in [6.45, 7) is 0.273. The summed E-state index contributed by atoms with van der Waals surface area (Å²) in [7, 11) is 0. The van der Waals surface area contributed by atoms with Gasteiger partial charge in [-0.3, -0.25) is 24.2 Å². The summed E-state index contributed by atoms with van der Waals surface area (Å²) in [5, 5.41) is 2.24. The fourth-order valence-electron chi connectivity index (χ4n) is 2.08. The van der Waals surface area contributed by atoms with Crippen molar-refractivity contribution in [3.05, 3.63) is 30.1 Å². The number of carbonyl (C=O) groups excluding carboxylic acids is 3. The van der Waals surface area contributed by atoms with Crippen molar-refractivity contribution in [2.45, 2.75) is 6.42 Å². The maximum Gasteiger partial charge on any atom is 0.330 e. The standard InChI is InChI=1S/C12H10N4O3/c17-7-8-2-1-4-15-9(8)6-13-11(15)16-5-3-10(18)14-12(16)19/h1-2,4,6-7H,3,5H2,(H,14,18,19). The molecule has 3 amide bonds. The van der Waals surface area contributed by atoms with Crippen LogP contribution in [-0.4, -0.2) is 34.2 Å². The normalized spacial score (nSPS) is 15.7. The average molecular weight is 258 g/mol. The van der Waals surface area contributed by atoms with Crippen molar-refractivity contribution in [2.75, 3.05) is 11.4 Å². The van der Waals surface area contributed by atoms with Crippen LogP contribution in [-0.2, 0) is 4.79 Å². The Morgan fingerprint density at radius 1 is 1.37 bits per heavy atom. The minimum absolute atomic E-state index is 0.230. The van der Waals surface area contributed by atoms with E-state index < -0.39 is 6.03 Å². The van der Waals surface area contributed by atoms with E-state index >= 15 is 0 Å². The molecule has 0 saturated carbocycles. The zero-order valence-electron chi connectivity index (χ0n) is 9.87. The molecular weight excluding hydrogens is 248 g/mol. The first-order valence-electron chi connectivity index (χ1n) is 5.73. The molecule has 0 unspecified atom stereocenters. The Bertz CT molecular complexity index is 691. The molecule has 1 N–H and O–H groups in total. The molecule has 0 aromatic carbocycles. The molecule has 1 aliphatic heterocycles. The Morgan fingerprint density at radius 3 is 2.95 bits per heavy atom. The molecule has 7 heteroatoms. The van der Waals surface area contributed by atoms with Gasteiger partial charge >= 0.3 is 6.03 Å². The number of imidazole rings is 1. The van der Waals surface area contributed by atoms with Gasteiger partial charge in [0.2, 0.25) is 11.9 Å². The largest absolute Gasteiger partial charge is 0.330 e. The maximum absolute atomic E-state index is 11.8. The van der Waals surface area contributed by atoms with Crippen molar-refractivity contribution in [1.82, 2.24) is 14.7 Å². The lowest BCUT2D eigenvalue weighted by Crippen LogP contribution is -2.50. The molecule has 7 nitrogen and oxygen atoms in total. The van der Waals surface area contributed by atoms with Gasteiger partial charge in [0.1, 0.15) is 0 Å². The number of nitrogens with one attached hydrogen (secondary N) is 1. The van der Waals surface area contributed by atoms with Crippen LogP contribution in [0.3, 0.4) is 0 Å². The zero-order chi connectivity index (χ0) is 13.4. The van der Waals surface area contributed by atoms with Gasteiger partial charge in [0, 0.05) is 24.7 Å². The van der Waals surface area contributed by atoms with Crippen LogP contribution in [0.1, 0.15) is 16.8 Å². The number of amides is 3. The van der Waals surface area contributed by atoms with Gasteiger partial charge in [-0.25, -0.2) is 9.78 Å². The third-order valence-corrected chi connectivity index (χ3v) is 3.01. The Kier molecular flexibility index (Phi) is 2.52. The van der Waals surface area contributed by atoms with E-state index in [1.54, 1.807) is 22.7 Å². The zero-order valence-corrected chi connectivity index (χ0v) is 9.87. The molecule has 3 rings (SSSR count). The topological polar surface area (TPSA) is 83.8 Å². The first-order chi connectivity index (χ1) is 9.20. The highest BCUT2D eigenvalue weighted by molar-refractivity contribution is 6.05. The Morgan fingerprint density at radius 2 is 2.21 bits per heavy atom. The van der Waals surface area contributed by atoms with E-state index in [0.29, 0.717) is 17.0 Å². The van der Waals surface area contributed by atoms with Gasteiger partial charge < -0.3 is 0 Å². The number of hydrogen-bond donors (Lipinski definition) is 1. The Balaban J connectivity index is 2.09. The predicted molar refractivity (Wildman–Crippen MR) is 66.1 cm³/mol. The molecule has 0 atom stereocenters. The number of aldehydes is 1. The second-order valence-corrected chi connectivity index (χ2v) is 4.15. The van der Waals surface area contributed by atoms with Crippen molar-refractivity contribution in [1.29, 1.82) is 0 Å². The fraction of sp³-hybridized carbons (Fsp3) is 0.167. The maximum atomic E-state index is 11.8. The van der Waals surface area contributed by atoms with Gasteiger partial charge in [0.25, 0.3) is 0 Å². The van der Waals surface area contributed by atoms with Crippen LogP contribution in [0.4, 0.5) is 10.7 Å². The number of rotatable bonds is 2. The minimum Gasteiger partial charge on any atom is -0.298 e. The highest BCUT2D eigenvalue weighted by Crippen LogP contribution is 2.19. The number of anilines is 1. The monoisotopic (exact) mass is 258 g/mol. The third-order valence-electron chi connectivity index (χ3n) is 3.01. The van der Waals surface area contributed by atoms with Gasteiger partial charge in [-0.2, -0.15) is 0 Å². The lowest BCUT2D eigenvalue weighted by atomic mass is 10.2. The first-order valence-corrected chi connectivity index (χ1v) is 5.73. The molecule has 0 spiro atoms. The van der Waals surface area contributed by atoms with E-state index in [4.69, 9.17) is 0 Å². The van der Waals surface area contributed by atoms with Gasteiger partial charge in [-0.05, 0) is 12.1 Å². The SMILES string of the molecule is O=Cc1cccn2c(N3CCC(=O)NC3=O)ncc12. The summed E-state index contributed by atoms with van der Waals surface area (Å²) in [6, 6.07) is 2.88. The fourth-order valence-corrected chi connectivity index (χ4v) is 2.08. The molecule has 0 bridgehead atoms. The van der Waals surface area contributed by atoms with Crippen molar-refractivity contribution in [2.24, 2.45) is 0 Å². The number of pyridine rings is 1. The summed E-state index contributed by atoms with van der Waals surface area (Å²) in [5.74, 6) is 0.0967. The minimum atomic E-state index is -0.500. The smallest absolute Gasteiger partial charge is 0.298 e. The van der Waals surface area contributed by atoms with Gasteiger partial charge in [-0.1, -0.05) is 0 Å². The van der Waals surface area contributed by atoms with Crippen molar-refractivity contribution in [3.63, 3.8) is 0 Å². The number of fused-ring (bicyclic) bond motifs is 1. The van der Waals surface area contributed by atoms with Crippen LogP contribution in [0, 0.1) is 0 Å². The molecular formula is C12H10N4O3. The van der Waals surface area contributed by atoms with Crippen LogP contribution >= 0.6 is 0 Å². The Labute approximate surface area is 107 Å². The molecule has 19 heavy (non-hydrogen) atoms. The number of imide groups is 1. The summed E-state index contributed by atoms with van der Waals surface area (Å²) >= 11 is 0. The van der Waals surface area contributed by atoms with Crippen LogP contribution < -0.4 is 10.2 Å². The number of nitrogens with zero attached hydrogens (tertiary/aromatic N) is 3. The van der Waals surface area contributed by atoms with Gasteiger partial charge in [0.05, 0.1) is 11.7 Å². The molecule has 1 fully saturated rings. The van der Waals surface area contributed by atoms with E-state index in [1.807, 2.05) is 0 Å². The van der Waals surface area contributed by atoms with Crippen molar-refractivity contribution < 1.29 is 14.4 Å². The van der Waals surface area contributed by atoms with Gasteiger partial charge in [-0.15, -0.1) is 0 Å². The molecule has 2 aromatic heterocycles. The average Bonchev–Trinajstić information content (AvgIpc) is 2.82. The molecule has 2 aromatic rings. The van der Waals surface area contributed by atoms with E-state index in [0.717, 1.165) is 6.29 Å². The van der Waals surface area contributed by atoms with Crippen LogP contribution in [0.25, 0.3) is 5.52 Å². The second kappa shape index (κ2) is 4.20. The highest BCUT2D eigenvalue weighted by atomic mass is 16.2. The molecule has 0 radical (unpaired) electrons. The summed E-state index contributed by atoms with van der Waals surface area (Å²) in [6.07, 6.45) is 4.21. The molecule has 0 aliphatic carbocycles. The predicted octanol–water partition coefficient (Wildman–Crippen LogP) is 0.593. The van der Waals surface area contributed by atoms with Crippen molar-refractivity contribution >= 4 is 29.7 Å². The van der Waals surface area contributed by atoms with Crippen molar-refractivity contribution in [3.8, 4) is 0 Å². The number of hydrogen-bond acceptors (Lipinski definition) is 4. The molecule has 1 saturated heterocycles. The summed E-state index contributed by atoms with van der Waals surface area (Å²) < 4.78 is 1.65. The molecule has 1 aliphatic rings. The quantitative estimate of drug-likeness (QED) is 0.799. The summed E-state index contributed by atoms with van der Waals surface area (Å²) in [4.78, 5) is 39.4. The van der Waals surface area contributed by atoms with E-state index in [-0.39, 0.29) is 18.9 Å². The second-order valence-electron chi connectivity index (χ2n) is 4.15. The molecule has 3 heterocycles. The Hall–Kier alpha value is -2.70. The lowest BCUT2D eigenvalue weighted by molar-refractivity contribution is -0.120. The number of aromatic nitrogens is 2. The summed E-state index contributed by atoms with van der Waals surface area (Å²) in [5.41, 5.74) is 1.12.